The van der Waals surface area contributed by atoms with Crippen LogP contribution in [0.5, 0.6) is 0 Å². The Labute approximate surface area is 314 Å². The highest BCUT2D eigenvalue weighted by molar-refractivity contribution is 6.38. The lowest BCUT2D eigenvalue weighted by Crippen LogP contribution is -2.62. The van der Waals surface area contributed by atoms with Gasteiger partial charge in [-0.2, -0.15) is 0 Å². The molecule has 0 aromatic rings. The third-order valence-electron chi connectivity index (χ3n) is 11.9. The van der Waals surface area contributed by atoms with Crippen molar-refractivity contribution >= 4 is 41.4 Å². The van der Waals surface area contributed by atoms with E-state index in [4.69, 9.17) is 6.42 Å². The van der Waals surface area contributed by atoms with E-state index in [1.807, 2.05) is 48.5 Å². The number of Topliss-reactive ketones (excluding diaryl/α,β-unsaturated/α-hetero) is 1. The normalized spacial score (nSPS) is 25.2. The number of likely N-dealkylation sites (tertiary alicyclic amines) is 2. The van der Waals surface area contributed by atoms with Gasteiger partial charge in [0.05, 0.1) is 12.1 Å². The van der Waals surface area contributed by atoms with Crippen LogP contribution in [0.4, 0.5) is 4.79 Å². The molecule has 0 spiro atoms. The van der Waals surface area contributed by atoms with Crippen molar-refractivity contribution < 1.29 is 33.6 Å². The Bertz CT molecular complexity index is 1500. The molecule has 292 valence electrons. The largest absolute Gasteiger partial charge is 0.346 e. The van der Waals surface area contributed by atoms with Gasteiger partial charge in [-0.3, -0.25) is 33.7 Å². The fourth-order valence-corrected chi connectivity index (χ4v) is 8.48. The molecule has 4 fully saturated rings. The smallest absolute Gasteiger partial charge is 0.315 e. The molecule has 13 heteroatoms. The number of fused-ring (bicyclic) bond motifs is 1. The van der Waals surface area contributed by atoms with Crippen molar-refractivity contribution in [3.8, 4) is 12.3 Å². The van der Waals surface area contributed by atoms with Crippen molar-refractivity contribution in [2.75, 3.05) is 19.6 Å². The average molecular weight is 737 g/mol. The van der Waals surface area contributed by atoms with Gasteiger partial charge < -0.3 is 26.2 Å². The number of nitrogens with one attached hydrogen (secondary N) is 4. The Morgan fingerprint density at radius 1 is 0.981 bits per heavy atom. The number of hydrogen-bond acceptors (Lipinski definition) is 7. The van der Waals surface area contributed by atoms with E-state index in [1.165, 1.54) is 11.0 Å². The van der Waals surface area contributed by atoms with E-state index in [-0.39, 0.29) is 79.7 Å². The number of hydrogen-bond donors (Lipinski definition) is 4. The van der Waals surface area contributed by atoms with Gasteiger partial charge >= 0.3 is 6.03 Å². The second-order valence-corrected chi connectivity index (χ2v) is 17.9. The van der Waals surface area contributed by atoms with Gasteiger partial charge in [-0.25, -0.2) is 4.79 Å². The summed E-state index contributed by atoms with van der Waals surface area (Å²) in [4.78, 5) is 97.2. The highest BCUT2D eigenvalue weighted by atomic mass is 16.2. The Morgan fingerprint density at radius 3 is 2.17 bits per heavy atom. The highest BCUT2D eigenvalue weighted by Crippen LogP contribution is 2.65. The van der Waals surface area contributed by atoms with Gasteiger partial charge in [-0.15, -0.1) is 18.9 Å². The molecule has 0 bridgehead atoms. The summed E-state index contributed by atoms with van der Waals surface area (Å²) < 4.78 is 0. The lowest BCUT2D eigenvalue weighted by molar-refractivity contribution is -0.153. The van der Waals surface area contributed by atoms with Gasteiger partial charge in [0.25, 0.3) is 5.91 Å². The van der Waals surface area contributed by atoms with Gasteiger partial charge in [-0.1, -0.05) is 73.8 Å². The van der Waals surface area contributed by atoms with E-state index < -0.39 is 58.6 Å². The van der Waals surface area contributed by atoms with Crippen LogP contribution >= 0.6 is 0 Å². The van der Waals surface area contributed by atoms with Crippen LogP contribution < -0.4 is 21.3 Å². The minimum absolute atomic E-state index is 0.00466. The monoisotopic (exact) mass is 736 g/mol. The SMILES string of the molecule is C#CCCC(NC(=O)[C@@H]1[C@@H]2C(CN1C(=O)[C@@H](NC(=O)N[C@H](CN1C(=O)CC(C)(C)CC1=O)C(C)(C)C)C1CCCCC1)C2(C)C)C(=O)C(=O)NCC=C. The second-order valence-electron chi connectivity index (χ2n) is 17.9. The molecule has 0 aromatic heterocycles. The number of urea groups is 1. The number of carbonyl (C=O) groups is 7. The molecule has 0 aromatic carbocycles. The molecule has 2 saturated carbocycles. The van der Waals surface area contributed by atoms with E-state index in [2.05, 4.69) is 33.8 Å². The minimum Gasteiger partial charge on any atom is -0.346 e. The maximum atomic E-state index is 14.7. The van der Waals surface area contributed by atoms with Crippen LogP contribution in [-0.2, 0) is 28.8 Å². The fraction of sp³-hybridized carbons (Fsp3) is 0.725. The Hall–Kier alpha value is -4.21. The lowest BCUT2D eigenvalue weighted by atomic mass is 9.80. The van der Waals surface area contributed by atoms with E-state index in [0.717, 1.165) is 32.1 Å². The summed E-state index contributed by atoms with van der Waals surface area (Å²) >= 11 is 0. The number of rotatable bonds is 14. The van der Waals surface area contributed by atoms with Crippen molar-refractivity contribution in [3.05, 3.63) is 12.7 Å². The van der Waals surface area contributed by atoms with Crippen LogP contribution in [0.1, 0.15) is 106 Å². The van der Waals surface area contributed by atoms with E-state index in [0.29, 0.717) is 6.54 Å². The van der Waals surface area contributed by atoms with Gasteiger partial charge in [0.15, 0.2) is 0 Å². The molecular formula is C40H60N6O7. The predicted octanol–water partition coefficient (Wildman–Crippen LogP) is 3.08. The topological polar surface area (TPSA) is 174 Å². The zero-order valence-electron chi connectivity index (χ0n) is 32.6. The van der Waals surface area contributed by atoms with Gasteiger partial charge in [0, 0.05) is 38.9 Å². The number of piperidine rings is 2. The summed E-state index contributed by atoms with van der Waals surface area (Å²) in [5.41, 5.74) is -1.21. The molecule has 53 heavy (non-hydrogen) atoms. The summed E-state index contributed by atoms with van der Waals surface area (Å²) in [6.45, 7) is 17.5. The molecule has 7 amide bonds. The second kappa shape index (κ2) is 16.4. The summed E-state index contributed by atoms with van der Waals surface area (Å²) in [6.07, 6.45) is 11.8. The molecule has 13 nitrogen and oxygen atoms in total. The molecule has 2 aliphatic carbocycles. The third-order valence-corrected chi connectivity index (χ3v) is 11.9. The summed E-state index contributed by atoms with van der Waals surface area (Å²) in [5.74, 6) is -1.03. The van der Waals surface area contributed by atoms with Crippen LogP contribution in [-0.4, -0.2) is 95.0 Å². The minimum atomic E-state index is -1.18. The van der Waals surface area contributed by atoms with Crippen molar-refractivity contribution in [3.63, 3.8) is 0 Å². The quantitative estimate of drug-likeness (QED) is 0.0918. The van der Waals surface area contributed by atoms with Crippen molar-refractivity contribution in [1.29, 1.82) is 0 Å². The molecule has 4 rings (SSSR count). The first-order chi connectivity index (χ1) is 24.7. The maximum absolute atomic E-state index is 14.7. The average Bonchev–Trinajstić information content (AvgIpc) is 3.37. The number of ketones is 1. The van der Waals surface area contributed by atoms with Crippen molar-refractivity contribution in [2.45, 2.75) is 130 Å². The number of amides is 7. The van der Waals surface area contributed by atoms with Crippen LogP contribution in [0, 0.1) is 46.3 Å². The van der Waals surface area contributed by atoms with Gasteiger partial charge in [-0.05, 0) is 53.3 Å². The number of terminal acetylenes is 1. The molecule has 2 saturated heterocycles. The van der Waals surface area contributed by atoms with Gasteiger partial charge in [0.2, 0.25) is 29.4 Å². The number of carbonyl (C=O) groups excluding carboxylic acids is 7. The van der Waals surface area contributed by atoms with E-state index >= 15 is 0 Å². The van der Waals surface area contributed by atoms with Gasteiger partial charge in [0.1, 0.15) is 12.1 Å². The number of imide groups is 1. The molecule has 6 atom stereocenters. The molecular weight excluding hydrogens is 676 g/mol. The molecule has 4 N–H and O–H groups in total. The Morgan fingerprint density at radius 2 is 1.60 bits per heavy atom. The first-order valence-corrected chi connectivity index (χ1v) is 19.1. The molecule has 2 heterocycles. The predicted molar refractivity (Wildman–Crippen MR) is 199 cm³/mol. The van der Waals surface area contributed by atoms with Crippen LogP contribution in [0.3, 0.4) is 0 Å². The van der Waals surface area contributed by atoms with Crippen LogP contribution in [0.15, 0.2) is 12.7 Å². The standard InChI is InChI=1S/C40H60N6O7/c1-10-12-18-26(33(49)35(51)41-19-11-2)42-34(50)32-30-25(40(30,8)9)22-46(32)36(52)31(24-16-14-13-15-17-24)44-37(53)43-27(38(3,4)5)23-45-28(47)20-39(6,7)21-29(45)48/h1,11,24-27,30-32H,2,12-23H2,3-9H3,(H,41,51)(H,42,50)(H2,43,44,53)/t25?,26?,27-,30+,31+,32+/m1/s1. The first-order valence-electron chi connectivity index (χ1n) is 19.1. The lowest BCUT2D eigenvalue weighted by Gasteiger charge is -2.40. The fourth-order valence-electron chi connectivity index (χ4n) is 8.48. The third kappa shape index (κ3) is 9.67. The van der Waals surface area contributed by atoms with E-state index in [1.54, 1.807) is 4.90 Å². The maximum Gasteiger partial charge on any atom is 0.315 e. The Balaban J connectivity index is 1.56. The summed E-state index contributed by atoms with van der Waals surface area (Å²) in [5, 5.41) is 11.2. The van der Waals surface area contributed by atoms with Crippen molar-refractivity contribution in [1.82, 2.24) is 31.1 Å². The van der Waals surface area contributed by atoms with Crippen LogP contribution in [0.25, 0.3) is 0 Å². The first kappa shape index (κ1) is 41.5. The Kier molecular flexibility index (Phi) is 12.9. The van der Waals surface area contributed by atoms with E-state index in [9.17, 15) is 33.6 Å². The summed E-state index contributed by atoms with van der Waals surface area (Å²) in [6, 6.07) is -4.24. The summed E-state index contributed by atoms with van der Waals surface area (Å²) in [7, 11) is 0. The molecule has 0 radical (unpaired) electrons. The molecule has 2 unspecified atom stereocenters. The molecule has 4 aliphatic rings. The molecule has 2 aliphatic heterocycles. The van der Waals surface area contributed by atoms with Crippen LogP contribution in [0.2, 0.25) is 0 Å². The number of nitrogens with zero attached hydrogens (tertiary/aromatic N) is 2. The highest BCUT2D eigenvalue weighted by Gasteiger charge is 2.69. The zero-order chi connectivity index (χ0) is 39.5. The zero-order valence-corrected chi connectivity index (χ0v) is 32.6. The van der Waals surface area contributed by atoms with Crippen molar-refractivity contribution in [2.24, 2.45) is 34.0 Å².